The molecule has 0 spiro atoms. The second-order valence-corrected chi connectivity index (χ2v) is 6.60. The average Bonchev–Trinajstić information content (AvgIpc) is 2.14. The van der Waals surface area contributed by atoms with Crippen LogP contribution in [0.15, 0.2) is 18.2 Å². The molecule has 0 atom stereocenters. The third-order valence-corrected chi connectivity index (χ3v) is 2.91. The zero-order valence-corrected chi connectivity index (χ0v) is 13.0. The first-order chi connectivity index (χ1) is 7.51. The van der Waals surface area contributed by atoms with Crippen LogP contribution < -0.4 is 0 Å². The fraction of sp³-hybridized carbons (Fsp3) is 0.533. The first-order valence-electron chi connectivity index (χ1n) is 5.91. The first kappa shape index (κ1) is 17.2. The van der Waals surface area contributed by atoms with E-state index in [1.807, 2.05) is 0 Å². The molecule has 1 rings (SSSR count). The number of hydrogen-bond donors (Lipinski definition) is 1. The number of carbonyl (C=O) groups is 1. The van der Waals surface area contributed by atoms with Crippen molar-refractivity contribution in [2.75, 3.05) is 0 Å². The van der Waals surface area contributed by atoms with Crippen LogP contribution in [0.4, 0.5) is 0 Å². The molecule has 0 fully saturated rings. The Labute approximate surface area is 120 Å². The molecule has 0 bridgehead atoms. The predicted octanol–water partition coefficient (Wildman–Crippen LogP) is 3.98. The third-order valence-electron chi connectivity index (χ3n) is 2.91. The SMILES string of the molecule is CC(C)(C)c1cc(C(=O)O)cc(C(C)(C)C)c1.[Co]. The normalized spacial score (nSPS) is 11.9. The maximum Gasteiger partial charge on any atom is 0.335 e. The van der Waals surface area contributed by atoms with Gasteiger partial charge in [-0.05, 0) is 34.1 Å². The molecular weight excluding hydrogens is 271 g/mol. The topological polar surface area (TPSA) is 37.3 Å². The van der Waals surface area contributed by atoms with E-state index < -0.39 is 5.97 Å². The van der Waals surface area contributed by atoms with Gasteiger partial charge in [-0.2, -0.15) is 0 Å². The molecule has 18 heavy (non-hydrogen) atoms. The van der Waals surface area contributed by atoms with Crippen molar-refractivity contribution in [3.05, 3.63) is 34.9 Å². The smallest absolute Gasteiger partial charge is 0.335 e. The van der Waals surface area contributed by atoms with Gasteiger partial charge in [0.1, 0.15) is 0 Å². The van der Waals surface area contributed by atoms with Gasteiger partial charge in [0.2, 0.25) is 0 Å². The van der Waals surface area contributed by atoms with E-state index >= 15 is 0 Å². The summed E-state index contributed by atoms with van der Waals surface area (Å²) in [6.07, 6.45) is 0. The van der Waals surface area contributed by atoms with Gasteiger partial charge in [-0.3, -0.25) is 0 Å². The minimum absolute atomic E-state index is 0. The van der Waals surface area contributed by atoms with E-state index in [0.717, 1.165) is 11.1 Å². The Morgan fingerprint density at radius 1 is 0.889 bits per heavy atom. The largest absolute Gasteiger partial charge is 0.478 e. The molecule has 0 aromatic heterocycles. The van der Waals surface area contributed by atoms with Crippen molar-refractivity contribution < 1.29 is 26.7 Å². The van der Waals surface area contributed by atoms with Crippen molar-refractivity contribution in [3.63, 3.8) is 0 Å². The van der Waals surface area contributed by atoms with Crippen molar-refractivity contribution >= 4 is 5.97 Å². The molecular formula is C15H22CoO2. The molecule has 3 heteroatoms. The maximum absolute atomic E-state index is 11.2. The van der Waals surface area contributed by atoms with Gasteiger partial charge in [0.15, 0.2) is 0 Å². The summed E-state index contributed by atoms with van der Waals surface area (Å²) in [5.74, 6) is -0.860. The molecule has 103 valence electrons. The van der Waals surface area contributed by atoms with Crippen molar-refractivity contribution in [1.82, 2.24) is 0 Å². The van der Waals surface area contributed by atoms with Gasteiger partial charge in [0.05, 0.1) is 5.56 Å². The quantitative estimate of drug-likeness (QED) is 0.850. The van der Waals surface area contributed by atoms with Crippen LogP contribution in [0.1, 0.15) is 63.0 Å². The van der Waals surface area contributed by atoms with Gasteiger partial charge in [-0.25, -0.2) is 4.79 Å². The molecule has 1 radical (unpaired) electrons. The molecule has 0 saturated carbocycles. The Hall–Kier alpha value is -0.804. The van der Waals surface area contributed by atoms with Crippen LogP contribution >= 0.6 is 0 Å². The summed E-state index contributed by atoms with van der Waals surface area (Å²) in [6, 6.07) is 5.67. The second kappa shape index (κ2) is 5.45. The monoisotopic (exact) mass is 293 g/mol. The van der Waals surface area contributed by atoms with Gasteiger partial charge in [-0.1, -0.05) is 47.6 Å². The number of carboxylic acid groups (broad SMARTS) is 1. The number of hydrogen-bond acceptors (Lipinski definition) is 1. The molecule has 0 saturated heterocycles. The summed E-state index contributed by atoms with van der Waals surface area (Å²) in [4.78, 5) is 11.2. The van der Waals surface area contributed by atoms with E-state index in [9.17, 15) is 4.79 Å². The van der Waals surface area contributed by atoms with Crippen LogP contribution in [-0.4, -0.2) is 11.1 Å². The number of benzene rings is 1. The van der Waals surface area contributed by atoms with E-state index in [4.69, 9.17) is 5.11 Å². The fourth-order valence-electron chi connectivity index (χ4n) is 1.62. The van der Waals surface area contributed by atoms with Crippen molar-refractivity contribution in [2.45, 2.75) is 52.4 Å². The molecule has 0 aliphatic rings. The Bertz CT molecular complexity index is 405. The fourth-order valence-corrected chi connectivity index (χ4v) is 1.62. The molecule has 1 aromatic rings. The molecule has 0 unspecified atom stereocenters. The summed E-state index contributed by atoms with van der Waals surface area (Å²) in [5, 5.41) is 9.17. The Balaban J connectivity index is 0.00000289. The van der Waals surface area contributed by atoms with Gasteiger partial charge in [0.25, 0.3) is 0 Å². The minimum Gasteiger partial charge on any atom is -0.478 e. The summed E-state index contributed by atoms with van der Waals surface area (Å²) < 4.78 is 0. The molecule has 0 amide bonds. The van der Waals surface area contributed by atoms with Crippen LogP contribution in [0, 0.1) is 0 Å². The van der Waals surface area contributed by atoms with Gasteiger partial charge < -0.3 is 5.11 Å². The molecule has 0 aliphatic carbocycles. The zero-order valence-electron chi connectivity index (χ0n) is 11.9. The number of rotatable bonds is 1. The Morgan fingerprint density at radius 3 is 1.44 bits per heavy atom. The summed E-state index contributed by atoms with van der Waals surface area (Å²) >= 11 is 0. The first-order valence-corrected chi connectivity index (χ1v) is 5.91. The van der Waals surface area contributed by atoms with Crippen LogP contribution in [-0.2, 0) is 27.6 Å². The van der Waals surface area contributed by atoms with Gasteiger partial charge >= 0.3 is 5.97 Å². The standard InChI is InChI=1S/C15H22O2.Co/c1-14(2,3)11-7-10(13(16)17)8-12(9-11)15(4,5)6;/h7-9H,1-6H3,(H,16,17);. The van der Waals surface area contributed by atoms with Crippen LogP contribution in [0.5, 0.6) is 0 Å². The van der Waals surface area contributed by atoms with Crippen molar-refractivity contribution in [1.29, 1.82) is 0 Å². The molecule has 0 heterocycles. The molecule has 0 aliphatic heterocycles. The number of aromatic carboxylic acids is 1. The Kier molecular flexibility index (Phi) is 5.21. The van der Waals surface area contributed by atoms with E-state index in [0.29, 0.717) is 5.56 Å². The van der Waals surface area contributed by atoms with E-state index in [1.165, 1.54) is 0 Å². The molecule has 1 N–H and O–H groups in total. The van der Waals surface area contributed by atoms with E-state index in [2.05, 4.69) is 47.6 Å². The van der Waals surface area contributed by atoms with E-state index in [1.54, 1.807) is 12.1 Å². The maximum atomic E-state index is 11.2. The van der Waals surface area contributed by atoms with Crippen molar-refractivity contribution in [3.8, 4) is 0 Å². The van der Waals surface area contributed by atoms with Crippen molar-refractivity contribution in [2.24, 2.45) is 0 Å². The molecule has 1 aromatic carbocycles. The summed E-state index contributed by atoms with van der Waals surface area (Å²) in [7, 11) is 0. The van der Waals surface area contributed by atoms with Crippen LogP contribution in [0.3, 0.4) is 0 Å². The summed E-state index contributed by atoms with van der Waals surface area (Å²) in [5.41, 5.74) is 2.45. The van der Waals surface area contributed by atoms with Gasteiger partial charge in [0, 0.05) is 16.8 Å². The van der Waals surface area contributed by atoms with Crippen LogP contribution in [0.25, 0.3) is 0 Å². The Morgan fingerprint density at radius 2 is 1.22 bits per heavy atom. The third kappa shape index (κ3) is 4.14. The number of carboxylic acids is 1. The molecule has 2 nitrogen and oxygen atoms in total. The zero-order chi connectivity index (χ0) is 13.4. The minimum atomic E-state index is -0.860. The van der Waals surface area contributed by atoms with E-state index in [-0.39, 0.29) is 27.6 Å². The predicted molar refractivity (Wildman–Crippen MR) is 70.8 cm³/mol. The van der Waals surface area contributed by atoms with Crippen LogP contribution in [0.2, 0.25) is 0 Å². The summed E-state index contributed by atoms with van der Waals surface area (Å²) in [6.45, 7) is 12.6. The second-order valence-electron chi connectivity index (χ2n) is 6.60. The average molecular weight is 293 g/mol. The van der Waals surface area contributed by atoms with Gasteiger partial charge in [-0.15, -0.1) is 0 Å².